The first-order valence-electron chi connectivity index (χ1n) is 7.99. The van der Waals surface area contributed by atoms with Gasteiger partial charge in [-0.05, 0) is 36.2 Å². The first kappa shape index (κ1) is 19.6. The van der Waals surface area contributed by atoms with Crippen molar-refractivity contribution in [2.75, 3.05) is 20.3 Å². The van der Waals surface area contributed by atoms with E-state index in [1.54, 1.807) is 36.4 Å². The highest BCUT2D eigenvalue weighted by Crippen LogP contribution is 2.21. The van der Waals surface area contributed by atoms with Crippen molar-refractivity contribution in [3.05, 3.63) is 59.1 Å². The Morgan fingerprint density at radius 2 is 1.96 bits per heavy atom. The lowest BCUT2D eigenvalue weighted by Gasteiger charge is -2.15. The third-order valence-corrected chi connectivity index (χ3v) is 3.95. The van der Waals surface area contributed by atoms with E-state index in [9.17, 15) is 14.7 Å². The SMILES string of the molecule is COc1ccccc1CC(CNC(=O)COc1cccc(Cl)c1)C(=O)O. The number of ether oxygens (including phenoxy) is 2. The second-order valence-corrected chi connectivity index (χ2v) is 6.04. The Bertz CT molecular complexity index is 765. The molecular formula is C19H20ClNO5. The number of halogens is 1. The summed E-state index contributed by atoms with van der Waals surface area (Å²) in [5.74, 6) is -1.09. The minimum absolute atomic E-state index is 0.00881. The van der Waals surface area contributed by atoms with Crippen molar-refractivity contribution in [2.45, 2.75) is 6.42 Å². The van der Waals surface area contributed by atoms with Gasteiger partial charge < -0.3 is 19.9 Å². The monoisotopic (exact) mass is 377 g/mol. The molecule has 26 heavy (non-hydrogen) atoms. The van der Waals surface area contributed by atoms with Gasteiger partial charge in [0, 0.05) is 11.6 Å². The van der Waals surface area contributed by atoms with Gasteiger partial charge in [-0.25, -0.2) is 0 Å². The number of nitrogens with one attached hydrogen (secondary N) is 1. The summed E-state index contributed by atoms with van der Waals surface area (Å²) in [7, 11) is 1.53. The Labute approximate surface area is 156 Å². The Morgan fingerprint density at radius 1 is 1.19 bits per heavy atom. The zero-order valence-electron chi connectivity index (χ0n) is 14.3. The van der Waals surface area contributed by atoms with Gasteiger partial charge in [0.2, 0.25) is 0 Å². The Balaban J connectivity index is 1.87. The maximum atomic E-state index is 11.9. The number of aliphatic carboxylic acids is 1. The van der Waals surface area contributed by atoms with Crippen molar-refractivity contribution in [1.82, 2.24) is 5.32 Å². The van der Waals surface area contributed by atoms with Crippen LogP contribution in [0.1, 0.15) is 5.56 Å². The summed E-state index contributed by atoms with van der Waals surface area (Å²) in [5, 5.41) is 12.5. The van der Waals surface area contributed by atoms with Gasteiger partial charge in [0.15, 0.2) is 6.61 Å². The molecule has 0 aliphatic rings. The number of hydrogen-bond acceptors (Lipinski definition) is 4. The topological polar surface area (TPSA) is 84.9 Å². The van der Waals surface area contributed by atoms with Crippen molar-refractivity contribution in [1.29, 1.82) is 0 Å². The van der Waals surface area contributed by atoms with Gasteiger partial charge in [0.1, 0.15) is 11.5 Å². The maximum absolute atomic E-state index is 11.9. The van der Waals surface area contributed by atoms with E-state index in [2.05, 4.69) is 5.32 Å². The third-order valence-electron chi connectivity index (χ3n) is 3.72. The molecule has 7 heteroatoms. The summed E-state index contributed by atoms with van der Waals surface area (Å²) >= 11 is 5.84. The molecule has 138 valence electrons. The minimum atomic E-state index is -0.994. The molecule has 1 amide bonds. The quantitative estimate of drug-likeness (QED) is 0.702. The van der Waals surface area contributed by atoms with Crippen LogP contribution < -0.4 is 14.8 Å². The zero-order chi connectivity index (χ0) is 18.9. The van der Waals surface area contributed by atoms with Crippen LogP contribution in [0.15, 0.2) is 48.5 Å². The maximum Gasteiger partial charge on any atom is 0.308 e. The van der Waals surface area contributed by atoms with Crippen LogP contribution in [0.25, 0.3) is 0 Å². The van der Waals surface area contributed by atoms with Crippen molar-refractivity contribution in [3.8, 4) is 11.5 Å². The lowest BCUT2D eigenvalue weighted by molar-refractivity contribution is -0.141. The van der Waals surface area contributed by atoms with E-state index in [1.807, 2.05) is 12.1 Å². The normalized spacial score (nSPS) is 11.5. The molecule has 1 atom stereocenters. The molecule has 0 saturated carbocycles. The Morgan fingerprint density at radius 3 is 2.65 bits per heavy atom. The molecule has 1 unspecified atom stereocenters. The number of rotatable bonds is 9. The number of carboxylic acids is 1. The van der Waals surface area contributed by atoms with Gasteiger partial charge in [-0.1, -0.05) is 35.9 Å². The molecule has 2 aromatic rings. The van der Waals surface area contributed by atoms with Crippen molar-refractivity contribution >= 4 is 23.5 Å². The van der Waals surface area contributed by atoms with E-state index >= 15 is 0 Å². The molecule has 0 aliphatic carbocycles. The summed E-state index contributed by atoms with van der Waals surface area (Å²) in [5.41, 5.74) is 0.770. The minimum Gasteiger partial charge on any atom is -0.496 e. The van der Waals surface area contributed by atoms with Crippen LogP contribution in [0.2, 0.25) is 5.02 Å². The highest BCUT2D eigenvalue weighted by molar-refractivity contribution is 6.30. The van der Waals surface area contributed by atoms with Gasteiger partial charge in [-0.3, -0.25) is 9.59 Å². The van der Waals surface area contributed by atoms with Crippen LogP contribution in [0.4, 0.5) is 0 Å². The van der Waals surface area contributed by atoms with Gasteiger partial charge in [0.25, 0.3) is 5.91 Å². The van der Waals surface area contributed by atoms with Crippen molar-refractivity contribution in [3.63, 3.8) is 0 Å². The van der Waals surface area contributed by atoms with Crippen LogP contribution in [0.5, 0.6) is 11.5 Å². The number of para-hydroxylation sites is 1. The van der Waals surface area contributed by atoms with E-state index in [4.69, 9.17) is 21.1 Å². The molecule has 0 aromatic heterocycles. The molecule has 0 fully saturated rings. The predicted octanol–water partition coefficient (Wildman–Crippen LogP) is 2.79. The molecule has 0 bridgehead atoms. The number of methoxy groups -OCH3 is 1. The molecule has 0 heterocycles. The average molecular weight is 378 g/mol. The molecule has 0 spiro atoms. The van der Waals surface area contributed by atoms with E-state index < -0.39 is 17.8 Å². The van der Waals surface area contributed by atoms with Crippen LogP contribution in [-0.2, 0) is 16.0 Å². The number of carbonyl (C=O) groups is 2. The molecule has 0 aliphatic heterocycles. The molecule has 2 rings (SSSR count). The van der Waals surface area contributed by atoms with Gasteiger partial charge in [-0.2, -0.15) is 0 Å². The largest absolute Gasteiger partial charge is 0.496 e. The van der Waals surface area contributed by atoms with Gasteiger partial charge in [0.05, 0.1) is 13.0 Å². The first-order valence-corrected chi connectivity index (χ1v) is 8.37. The van der Waals surface area contributed by atoms with Crippen LogP contribution in [0.3, 0.4) is 0 Å². The average Bonchev–Trinajstić information content (AvgIpc) is 2.63. The molecule has 0 radical (unpaired) electrons. The fourth-order valence-electron chi connectivity index (χ4n) is 2.38. The fraction of sp³-hybridized carbons (Fsp3) is 0.263. The summed E-state index contributed by atoms with van der Waals surface area (Å²) < 4.78 is 10.6. The number of carbonyl (C=O) groups excluding carboxylic acids is 1. The second-order valence-electron chi connectivity index (χ2n) is 5.60. The number of hydrogen-bond donors (Lipinski definition) is 2. The number of amides is 1. The summed E-state index contributed by atoms with van der Waals surface area (Å²) in [6.07, 6.45) is 0.245. The molecular weight excluding hydrogens is 358 g/mol. The van der Waals surface area contributed by atoms with E-state index in [-0.39, 0.29) is 19.6 Å². The Hall–Kier alpha value is -2.73. The molecule has 2 aromatic carbocycles. The first-order chi connectivity index (χ1) is 12.5. The highest BCUT2D eigenvalue weighted by atomic mass is 35.5. The van der Waals surface area contributed by atoms with Crippen molar-refractivity contribution < 1.29 is 24.2 Å². The van der Waals surface area contributed by atoms with Gasteiger partial charge in [-0.15, -0.1) is 0 Å². The van der Waals surface area contributed by atoms with Crippen LogP contribution in [-0.4, -0.2) is 37.2 Å². The van der Waals surface area contributed by atoms with E-state index in [0.717, 1.165) is 5.56 Å². The fourth-order valence-corrected chi connectivity index (χ4v) is 2.56. The lowest BCUT2D eigenvalue weighted by atomic mass is 9.98. The Kier molecular flexibility index (Phi) is 7.29. The zero-order valence-corrected chi connectivity index (χ0v) is 15.0. The lowest BCUT2D eigenvalue weighted by Crippen LogP contribution is -2.36. The van der Waals surface area contributed by atoms with E-state index in [0.29, 0.717) is 16.5 Å². The summed E-state index contributed by atoms with van der Waals surface area (Å²) in [6, 6.07) is 13.9. The second kappa shape index (κ2) is 9.68. The predicted molar refractivity (Wildman–Crippen MR) is 97.8 cm³/mol. The summed E-state index contributed by atoms with van der Waals surface area (Å²) in [6.45, 7) is -0.230. The molecule has 0 saturated heterocycles. The molecule has 6 nitrogen and oxygen atoms in total. The van der Waals surface area contributed by atoms with Gasteiger partial charge >= 0.3 is 5.97 Å². The number of carboxylic acid groups (broad SMARTS) is 1. The van der Waals surface area contributed by atoms with Crippen LogP contribution >= 0.6 is 11.6 Å². The van der Waals surface area contributed by atoms with Crippen molar-refractivity contribution in [2.24, 2.45) is 5.92 Å². The highest BCUT2D eigenvalue weighted by Gasteiger charge is 2.20. The van der Waals surface area contributed by atoms with E-state index in [1.165, 1.54) is 7.11 Å². The summed E-state index contributed by atoms with van der Waals surface area (Å²) in [4.78, 5) is 23.4. The standard InChI is InChI=1S/C19H20ClNO5/c1-25-17-8-3-2-5-13(17)9-14(19(23)24)11-21-18(22)12-26-16-7-4-6-15(20)10-16/h2-8,10,14H,9,11-12H2,1H3,(H,21,22)(H,23,24). The molecule has 2 N–H and O–H groups in total. The third kappa shape index (κ3) is 5.97. The van der Waals surface area contributed by atoms with Crippen LogP contribution in [0, 0.1) is 5.92 Å². The smallest absolute Gasteiger partial charge is 0.308 e. The number of benzene rings is 2.